The van der Waals surface area contributed by atoms with Gasteiger partial charge in [-0.15, -0.1) is 5.10 Å². The Bertz CT molecular complexity index is 967. The molecule has 9 heteroatoms. The number of amides is 1. The molecule has 1 amide bonds. The molecule has 0 spiro atoms. The van der Waals surface area contributed by atoms with E-state index in [-0.39, 0.29) is 11.8 Å². The number of aryl methyl sites for hydroxylation is 1. The second-order valence-electron chi connectivity index (χ2n) is 7.66. The number of hydrogen-bond acceptors (Lipinski definition) is 6. The second-order valence-corrected chi connectivity index (χ2v) is 7.66. The lowest BCUT2D eigenvalue weighted by Gasteiger charge is -2.31. The first-order valence-electron chi connectivity index (χ1n) is 9.97. The molecule has 4 heterocycles. The molecule has 0 bridgehead atoms. The van der Waals surface area contributed by atoms with Crippen molar-refractivity contribution in [3.05, 3.63) is 35.7 Å². The van der Waals surface area contributed by atoms with Gasteiger partial charge < -0.3 is 4.90 Å². The first-order valence-corrected chi connectivity index (χ1v) is 9.97. The molecule has 1 fully saturated rings. The summed E-state index contributed by atoms with van der Waals surface area (Å²) >= 11 is 0. The lowest BCUT2D eigenvalue weighted by molar-refractivity contribution is 0.0683. The molecule has 0 N–H and O–H groups in total. The number of carbonyl (C=O) groups excluding carboxylic acids is 1. The van der Waals surface area contributed by atoms with Crippen molar-refractivity contribution in [2.24, 2.45) is 0 Å². The highest BCUT2D eigenvalue weighted by Crippen LogP contribution is 2.24. The third-order valence-corrected chi connectivity index (χ3v) is 5.28. The molecule has 9 nitrogen and oxygen atoms in total. The molecule has 0 aliphatic carbocycles. The van der Waals surface area contributed by atoms with Crippen LogP contribution in [-0.2, 0) is 6.42 Å². The van der Waals surface area contributed by atoms with Crippen LogP contribution in [0.4, 0.5) is 0 Å². The Hall–Kier alpha value is -2.84. The van der Waals surface area contributed by atoms with E-state index >= 15 is 0 Å². The van der Waals surface area contributed by atoms with Gasteiger partial charge >= 0.3 is 0 Å². The van der Waals surface area contributed by atoms with E-state index < -0.39 is 0 Å². The maximum absolute atomic E-state index is 13.0. The first kappa shape index (κ1) is 18.5. The molecule has 1 aliphatic heterocycles. The Labute approximate surface area is 163 Å². The van der Waals surface area contributed by atoms with Crippen molar-refractivity contribution in [1.29, 1.82) is 0 Å². The maximum atomic E-state index is 13.0. The summed E-state index contributed by atoms with van der Waals surface area (Å²) in [6.07, 6.45) is 7.26. The smallest absolute Gasteiger partial charge is 0.272 e. The van der Waals surface area contributed by atoms with Crippen molar-refractivity contribution in [2.75, 3.05) is 13.1 Å². The van der Waals surface area contributed by atoms with Gasteiger partial charge in [0.15, 0.2) is 0 Å². The molecule has 1 aliphatic rings. The van der Waals surface area contributed by atoms with Gasteiger partial charge in [-0.1, -0.05) is 32.4 Å². The quantitative estimate of drug-likeness (QED) is 0.672. The van der Waals surface area contributed by atoms with Crippen LogP contribution in [0.3, 0.4) is 0 Å². The zero-order valence-electron chi connectivity index (χ0n) is 16.6. The highest BCUT2D eigenvalue weighted by atomic mass is 16.2. The third kappa shape index (κ3) is 3.48. The Kier molecular flexibility index (Phi) is 5.06. The van der Waals surface area contributed by atoms with E-state index in [1.165, 1.54) is 6.33 Å². The van der Waals surface area contributed by atoms with Gasteiger partial charge in [-0.3, -0.25) is 4.79 Å². The Morgan fingerprint density at radius 1 is 1.29 bits per heavy atom. The lowest BCUT2D eigenvalue weighted by atomic mass is 10.0. The SMILES string of the molecule is CCCc1cn(C2CCN(C(=O)c3cc(C(C)C)n4ncnc4n3)CC2)nn1. The minimum absolute atomic E-state index is 0.0453. The summed E-state index contributed by atoms with van der Waals surface area (Å²) < 4.78 is 3.66. The molecular formula is C19H26N8O. The minimum Gasteiger partial charge on any atom is -0.337 e. The average molecular weight is 382 g/mol. The zero-order valence-corrected chi connectivity index (χ0v) is 16.6. The number of hydrogen-bond donors (Lipinski definition) is 0. The van der Waals surface area contributed by atoms with Crippen LogP contribution in [0.25, 0.3) is 5.78 Å². The maximum Gasteiger partial charge on any atom is 0.272 e. The van der Waals surface area contributed by atoms with Crippen LogP contribution in [0.5, 0.6) is 0 Å². The molecule has 1 saturated heterocycles. The van der Waals surface area contributed by atoms with Crippen LogP contribution in [0.1, 0.15) is 73.9 Å². The topological polar surface area (TPSA) is 94.1 Å². The molecule has 0 aromatic carbocycles. The fourth-order valence-corrected chi connectivity index (χ4v) is 3.71. The minimum atomic E-state index is -0.0453. The Balaban J connectivity index is 1.47. The van der Waals surface area contributed by atoms with E-state index in [1.807, 2.05) is 21.8 Å². The molecular weight excluding hydrogens is 356 g/mol. The highest BCUT2D eigenvalue weighted by Gasteiger charge is 2.27. The third-order valence-electron chi connectivity index (χ3n) is 5.28. The van der Waals surface area contributed by atoms with Gasteiger partial charge in [0.05, 0.1) is 17.4 Å². The predicted molar refractivity (Wildman–Crippen MR) is 103 cm³/mol. The van der Waals surface area contributed by atoms with Crippen molar-refractivity contribution in [3.8, 4) is 0 Å². The summed E-state index contributed by atoms with van der Waals surface area (Å²) in [4.78, 5) is 23.5. The van der Waals surface area contributed by atoms with Crippen molar-refractivity contribution in [1.82, 2.24) is 39.5 Å². The van der Waals surface area contributed by atoms with E-state index in [1.54, 1.807) is 4.52 Å². The summed E-state index contributed by atoms with van der Waals surface area (Å²) in [6, 6.07) is 2.13. The Morgan fingerprint density at radius 2 is 2.07 bits per heavy atom. The van der Waals surface area contributed by atoms with E-state index in [4.69, 9.17) is 0 Å². The molecule has 0 atom stereocenters. The van der Waals surface area contributed by atoms with Crippen LogP contribution in [0.2, 0.25) is 0 Å². The molecule has 0 saturated carbocycles. The van der Waals surface area contributed by atoms with Crippen molar-refractivity contribution >= 4 is 11.7 Å². The molecule has 28 heavy (non-hydrogen) atoms. The van der Waals surface area contributed by atoms with Gasteiger partial charge in [-0.2, -0.15) is 10.1 Å². The largest absolute Gasteiger partial charge is 0.337 e. The summed E-state index contributed by atoms with van der Waals surface area (Å²) in [5.74, 6) is 0.640. The Morgan fingerprint density at radius 3 is 2.79 bits per heavy atom. The molecule has 3 aromatic heterocycles. The average Bonchev–Trinajstić information content (AvgIpc) is 3.36. The summed E-state index contributed by atoms with van der Waals surface area (Å²) in [5.41, 5.74) is 2.41. The van der Waals surface area contributed by atoms with Crippen LogP contribution in [0.15, 0.2) is 18.6 Å². The van der Waals surface area contributed by atoms with Gasteiger partial charge in [-0.25, -0.2) is 14.2 Å². The van der Waals surface area contributed by atoms with Crippen molar-refractivity contribution in [2.45, 2.75) is 58.4 Å². The summed E-state index contributed by atoms with van der Waals surface area (Å²) in [5, 5.41) is 12.7. The molecule has 148 valence electrons. The van der Waals surface area contributed by atoms with E-state index in [0.29, 0.717) is 30.6 Å². The first-order chi connectivity index (χ1) is 13.6. The van der Waals surface area contributed by atoms with Crippen LogP contribution in [-0.4, -0.2) is 58.5 Å². The number of likely N-dealkylation sites (tertiary alicyclic amines) is 1. The van der Waals surface area contributed by atoms with Gasteiger partial charge in [-0.05, 0) is 31.2 Å². The van der Waals surface area contributed by atoms with Crippen LogP contribution >= 0.6 is 0 Å². The fourth-order valence-electron chi connectivity index (χ4n) is 3.71. The van der Waals surface area contributed by atoms with Gasteiger partial charge in [0, 0.05) is 19.3 Å². The predicted octanol–water partition coefficient (Wildman–Crippen LogP) is 2.27. The normalized spacial score (nSPS) is 15.6. The van der Waals surface area contributed by atoms with Gasteiger partial charge in [0.25, 0.3) is 11.7 Å². The number of rotatable bonds is 5. The van der Waals surface area contributed by atoms with Crippen LogP contribution in [0, 0.1) is 0 Å². The summed E-state index contributed by atoms with van der Waals surface area (Å²) in [6.45, 7) is 7.65. The number of piperidine rings is 1. The lowest BCUT2D eigenvalue weighted by Crippen LogP contribution is -2.39. The number of fused-ring (bicyclic) bond motifs is 1. The van der Waals surface area contributed by atoms with Crippen LogP contribution < -0.4 is 0 Å². The van der Waals surface area contributed by atoms with Gasteiger partial charge in [0.1, 0.15) is 12.0 Å². The zero-order chi connectivity index (χ0) is 19.7. The van der Waals surface area contributed by atoms with E-state index in [2.05, 4.69) is 46.1 Å². The number of aromatic nitrogens is 7. The fraction of sp³-hybridized carbons (Fsp3) is 0.579. The monoisotopic (exact) mass is 382 g/mol. The molecule has 0 radical (unpaired) electrons. The summed E-state index contributed by atoms with van der Waals surface area (Å²) in [7, 11) is 0. The van der Waals surface area contributed by atoms with Crippen molar-refractivity contribution in [3.63, 3.8) is 0 Å². The second kappa shape index (κ2) is 7.65. The van der Waals surface area contributed by atoms with Gasteiger partial charge in [0.2, 0.25) is 0 Å². The van der Waals surface area contributed by atoms with Crippen molar-refractivity contribution < 1.29 is 4.79 Å². The number of carbonyl (C=O) groups is 1. The molecule has 3 aromatic rings. The van der Waals surface area contributed by atoms with E-state index in [0.717, 1.165) is 37.1 Å². The molecule has 4 rings (SSSR count). The molecule has 0 unspecified atom stereocenters. The standard InChI is InChI=1S/C19H26N8O/c1-4-5-14-11-26(24-23-14)15-6-8-25(9-7-15)18(28)16-10-17(13(2)3)27-19(22-16)20-12-21-27/h10-13,15H,4-9H2,1-3H3. The highest BCUT2D eigenvalue weighted by molar-refractivity contribution is 5.92. The van der Waals surface area contributed by atoms with E-state index in [9.17, 15) is 4.79 Å². The number of nitrogens with zero attached hydrogens (tertiary/aromatic N) is 8.